The zero-order valence-corrected chi connectivity index (χ0v) is 26.5. The normalized spacial score (nSPS) is 16.4. The molecule has 0 aliphatic carbocycles. The first kappa shape index (κ1) is 33.6. The van der Waals surface area contributed by atoms with Gasteiger partial charge in [-0.25, -0.2) is 9.78 Å². The number of hydrogen-bond acceptors (Lipinski definition) is 10. The van der Waals surface area contributed by atoms with Gasteiger partial charge in [0, 0.05) is 57.1 Å². The van der Waals surface area contributed by atoms with Crippen molar-refractivity contribution in [3.05, 3.63) is 42.1 Å². The van der Waals surface area contributed by atoms with Gasteiger partial charge in [0.15, 0.2) is 5.82 Å². The van der Waals surface area contributed by atoms with Crippen LogP contribution in [0.2, 0.25) is 0 Å². The van der Waals surface area contributed by atoms with Gasteiger partial charge in [-0.2, -0.15) is 4.98 Å². The third-order valence-corrected chi connectivity index (χ3v) is 7.20. The molecular weight excluding hydrogens is 582 g/mol. The number of benzene rings is 1. The summed E-state index contributed by atoms with van der Waals surface area (Å²) in [5.74, 6) is -0.919. The van der Waals surface area contributed by atoms with E-state index in [0.29, 0.717) is 37.4 Å². The number of rotatable bonds is 10. The van der Waals surface area contributed by atoms with Crippen molar-refractivity contribution in [3.8, 4) is 17.3 Å². The third-order valence-electron chi connectivity index (χ3n) is 7.20. The molecule has 1 atom stereocenters. The van der Waals surface area contributed by atoms with E-state index in [1.165, 1.54) is 11.0 Å². The smallest absolute Gasteiger partial charge is 0.409 e. The lowest BCUT2D eigenvalue weighted by atomic mass is 10.1. The lowest BCUT2D eigenvalue weighted by Gasteiger charge is -2.36. The maximum atomic E-state index is 13.7. The van der Waals surface area contributed by atoms with Gasteiger partial charge in [0.2, 0.25) is 11.8 Å². The van der Waals surface area contributed by atoms with Crippen molar-refractivity contribution >= 4 is 23.9 Å². The van der Waals surface area contributed by atoms with Crippen LogP contribution in [0.4, 0.5) is 4.79 Å². The van der Waals surface area contributed by atoms with Gasteiger partial charge in [0.1, 0.15) is 23.4 Å². The van der Waals surface area contributed by atoms with Crippen molar-refractivity contribution in [2.24, 2.45) is 0 Å². The van der Waals surface area contributed by atoms with E-state index in [9.17, 15) is 19.2 Å². The Kier molecular flexibility index (Phi) is 11.7. The number of carbonyl (C=O) groups excluding carboxylic acids is 4. The maximum Gasteiger partial charge on any atom is 0.409 e. The SMILES string of the molecule is CCOC(=O)N1CCN(C(=O)C(CCC(=O)OC(C)(C)C)NC(=O)c2cc(OC3CCOCC3)nc(-c3ccccc3)n2)CC1. The Morgan fingerprint density at radius 3 is 2.31 bits per heavy atom. The fraction of sp³-hybridized carbons (Fsp3) is 0.562. The van der Waals surface area contributed by atoms with Crippen molar-refractivity contribution < 1.29 is 38.1 Å². The Balaban J connectivity index is 1.54. The number of esters is 1. The van der Waals surface area contributed by atoms with Crippen LogP contribution >= 0.6 is 0 Å². The number of ether oxygens (including phenoxy) is 4. The second-order valence-electron chi connectivity index (χ2n) is 11.9. The van der Waals surface area contributed by atoms with Gasteiger partial charge in [-0.15, -0.1) is 0 Å². The molecule has 0 bridgehead atoms. The Hall–Kier alpha value is -4.26. The summed E-state index contributed by atoms with van der Waals surface area (Å²) in [6.07, 6.45) is 0.752. The lowest BCUT2D eigenvalue weighted by molar-refractivity contribution is -0.155. The average Bonchev–Trinajstić information content (AvgIpc) is 3.02. The van der Waals surface area contributed by atoms with E-state index in [2.05, 4.69) is 15.3 Å². The molecule has 45 heavy (non-hydrogen) atoms. The molecule has 2 aliphatic heterocycles. The largest absolute Gasteiger partial charge is 0.474 e. The number of aromatic nitrogens is 2. The molecule has 13 nitrogen and oxygen atoms in total. The number of carbonyl (C=O) groups is 4. The van der Waals surface area contributed by atoms with E-state index in [0.717, 1.165) is 0 Å². The number of nitrogens with zero attached hydrogens (tertiary/aromatic N) is 4. The molecular formula is C32H43N5O8. The number of amides is 3. The third kappa shape index (κ3) is 10.1. The van der Waals surface area contributed by atoms with Gasteiger partial charge < -0.3 is 34.1 Å². The molecule has 244 valence electrons. The Morgan fingerprint density at radius 1 is 1.00 bits per heavy atom. The fourth-order valence-electron chi connectivity index (χ4n) is 4.97. The number of hydrogen-bond donors (Lipinski definition) is 1. The summed E-state index contributed by atoms with van der Waals surface area (Å²) in [7, 11) is 0. The van der Waals surface area contributed by atoms with Crippen LogP contribution in [-0.4, -0.2) is 107 Å². The van der Waals surface area contributed by atoms with Crippen LogP contribution in [0.3, 0.4) is 0 Å². The molecule has 3 heterocycles. The average molecular weight is 626 g/mol. The van der Waals surface area contributed by atoms with Gasteiger partial charge in [-0.1, -0.05) is 30.3 Å². The molecule has 2 aliphatic rings. The molecule has 2 fully saturated rings. The maximum absolute atomic E-state index is 13.7. The van der Waals surface area contributed by atoms with E-state index in [1.54, 1.807) is 32.6 Å². The molecule has 0 spiro atoms. The molecule has 0 radical (unpaired) electrons. The Morgan fingerprint density at radius 2 is 1.67 bits per heavy atom. The summed E-state index contributed by atoms with van der Waals surface area (Å²) < 4.78 is 22.1. The number of piperazine rings is 1. The van der Waals surface area contributed by atoms with Gasteiger partial charge in [-0.3, -0.25) is 14.4 Å². The summed E-state index contributed by atoms with van der Waals surface area (Å²) in [5.41, 5.74) is 0.0213. The van der Waals surface area contributed by atoms with Crippen molar-refractivity contribution in [1.82, 2.24) is 25.1 Å². The topological polar surface area (TPSA) is 149 Å². The first-order valence-electron chi connectivity index (χ1n) is 15.4. The van der Waals surface area contributed by atoms with Crippen LogP contribution in [0, 0.1) is 0 Å². The minimum absolute atomic E-state index is 0.0135. The molecule has 2 aromatic rings. The van der Waals surface area contributed by atoms with Crippen LogP contribution in [0.25, 0.3) is 11.4 Å². The molecule has 1 aromatic carbocycles. The highest BCUT2D eigenvalue weighted by molar-refractivity contribution is 5.96. The van der Waals surface area contributed by atoms with Gasteiger partial charge >= 0.3 is 12.1 Å². The van der Waals surface area contributed by atoms with Gasteiger partial charge in [0.25, 0.3) is 5.91 Å². The van der Waals surface area contributed by atoms with Gasteiger partial charge in [0.05, 0.1) is 19.8 Å². The first-order valence-corrected chi connectivity index (χ1v) is 15.4. The zero-order chi connectivity index (χ0) is 32.4. The Labute approximate surface area is 263 Å². The molecule has 1 unspecified atom stereocenters. The zero-order valence-electron chi connectivity index (χ0n) is 26.5. The second-order valence-corrected chi connectivity index (χ2v) is 11.9. The monoisotopic (exact) mass is 625 g/mol. The minimum atomic E-state index is -1.05. The van der Waals surface area contributed by atoms with E-state index >= 15 is 0 Å². The fourth-order valence-corrected chi connectivity index (χ4v) is 4.97. The molecule has 1 N–H and O–H groups in total. The molecule has 4 rings (SSSR count). The van der Waals surface area contributed by atoms with Crippen molar-refractivity contribution in [2.75, 3.05) is 46.0 Å². The van der Waals surface area contributed by atoms with Crippen LogP contribution in [-0.2, 0) is 23.8 Å². The summed E-state index contributed by atoms with van der Waals surface area (Å²) in [5, 5.41) is 2.80. The Bertz CT molecular complexity index is 1320. The van der Waals surface area contributed by atoms with Gasteiger partial charge in [-0.05, 0) is 34.1 Å². The van der Waals surface area contributed by atoms with E-state index in [4.69, 9.17) is 18.9 Å². The highest BCUT2D eigenvalue weighted by Gasteiger charge is 2.32. The van der Waals surface area contributed by atoms with Crippen molar-refractivity contribution in [2.45, 2.75) is 71.1 Å². The minimum Gasteiger partial charge on any atom is -0.474 e. The molecule has 13 heteroatoms. The molecule has 2 saturated heterocycles. The summed E-state index contributed by atoms with van der Waals surface area (Å²) in [6.45, 7) is 9.51. The highest BCUT2D eigenvalue weighted by atomic mass is 16.6. The van der Waals surface area contributed by atoms with Crippen LogP contribution in [0.15, 0.2) is 36.4 Å². The summed E-state index contributed by atoms with van der Waals surface area (Å²) in [4.78, 5) is 64.4. The van der Waals surface area contributed by atoms with E-state index in [-0.39, 0.29) is 69.2 Å². The number of nitrogens with one attached hydrogen (secondary N) is 1. The standard InChI is InChI=1S/C32H43N5O8/c1-5-43-31(41)37-17-15-36(16-18-37)30(40)24(11-12-27(38)45-32(2,3)4)34-29(39)25-21-26(44-23-13-19-42-20-14-23)35-28(33-25)22-9-7-6-8-10-22/h6-10,21,23-24H,5,11-20H2,1-4H3,(H,34,39). The summed E-state index contributed by atoms with van der Waals surface area (Å²) in [6, 6.07) is 9.64. The lowest BCUT2D eigenvalue weighted by Crippen LogP contribution is -2.56. The highest BCUT2D eigenvalue weighted by Crippen LogP contribution is 2.22. The van der Waals surface area contributed by atoms with Crippen LogP contribution in [0.5, 0.6) is 5.88 Å². The van der Waals surface area contributed by atoms with Crippen molar-refractivity contribution in [3.63, 3.8) is 0 Å². The van der Waals surface area contributed by atoms with E-state index in [1.807, 2.05) is 30.3 Å². The molecule has 0 saturated carbocycles. The van der Waals surface area contributed by atoms with E-state index < -0.39 is 29.6 Å². The predicted octanol–water partition coefficient (Wildman–Crippen LogP) is 3.22. The van der Waals surface area contributed by atoms with Crippen molar-refractivity contribution in [1.29, 1.82) is 0 Å². The summed E-state index contributed by atoms with van der Waals surface area (Å²) >= 11 is 0. The first-order chi connectivity index (χ1) is 21.5. The molecule has 3 amide bonds. The predicted molar refractivity (Wildman–Crippen MR) is 163 cm³/mol. The second kappa shape index (κ2) is 15.6. The van der Waals surface area contributed by atoms with Crippen LogP contribution < -0.4 is 10.1 Å². The quantitative estimate of drug-likeness (QED) is 0.390. The van der Waals surface area contributed by atoms with Crippen LogP contribution in [0.1, 0.15) is 63.9 Å². The molecule has 1 aromatic heterocycles.